The minimum Gasteiger partial charge on any atom is -0.384 e. The van der Waals surface area contributed by atoms with Crippen LogP contribution in [0.3, 0.4) is 0 Å². The summed E-state index contributed by atoms with van der Waals surface area (Å²) in [6, 6.07) is 4.58. The number of nitrogens with one attached hydrogen (secondary N) is 1. The Bertz CT molecular complexity index is 659. The van der Waals surface area contributed by atoms with E-state index in [1.807, 2.05) is 0 Å². The van der Waals surface area contributed by atoms with Gasteiger partial charge in [-0.3, -0.25) is 4.79 Å². The quantitative estimate of drug-likeness (QED) is 0.912. The molecule has 2 rings (SSSR count). The second-order valence-corrected chi connectivity index (χ2v) is 4.78. The predicted octanol–water partition coefficient (Wildman–Crippen LogP) is 2.57. The number of aromatic nitrogens is 1. The van der Waals surface area contributed by atoms with E-state index in [9.17, 15) is 13.6 Å². The van der Waals surface area contributed by atoms with Crippen LogP contribution in [0.4, 0.5) is 14.6 Å². The van der Waals surface area contributed by atoms with Crippen LogP contribution in [0, 0.1) is 11.6 Å². The summed E-state index contributed by atoms with van der Waals surface area (Å²) >= 11 is 5.85. The zero-order valence-electron chi connectivity index (χ0n) is 10.9. The van der Waals surface area contributed by atoms with Crippen molar-refractivity contribution in [3.05, 3.63) is 58.2 Å². The van der Waals surface area contributed by atoms with Gasteiger partial charge < -0.3 is 11.1 Å². The fraction of sp³-hybridized carbons (Fsp3) is 0.143. The number of amides is 1. The molecule has 0 unspecified atom stereocenters. The molecule has 7 heteroatoms. The molecule has 0 radical (unpaired) electrons. The molecule has 0 aliphatic heterocycles. The molecule has 0 aliphatic rings. The highest BCUT2D eigenvalue weighted by molar-refractivity contribution is 6.33. The summed E-state index contributed by atoms with van der Waals surface area (Å²) in [5, 5.41) is 2.78. The van der Waals surface area contributed by atoms with Crippen LogP contribution in [-0.2, 0) is 6.42 Å². The Balaban J connectivity index is 1.96. The maximum absolute atomic E-state index is 13.0. The summed E-state index contributed by atoms with van der Waals surface area (Å²) in [6.45, 7) is 0.209. The number of rotatable bonds is 4. The number of halogens is 3. The van der Waals surface area contributed by atoms with E-state index in [2.05, 4.69) is 10.3 Å². The van der Waals surface area contributed by atoms with Crippen molar-refractivity contribution < 1.29 is 13.6 Å². The van der Waals surface area contributed by atoms with Gasteiger partial charge in [-0.05, 0) is 30.2 Å². The first-order chi connectivity index (χ1) is 9.95. The van der Waals surface area contributed by atoms with Crippen LogP contribution in [0.1, 0.15) is 15.9 Å². The van der Waals surface area contributed by atoms with Crippen molar-refractivity contribution in [1.82, 2.24) is 10.3 Å². The molecule has 0 saturated heterocycles. The molecule has 0 fully saturated rings. The van der Waals surface area contributed by atoms with E-state index in [1.54, 1.807) is 0 Å². The van der Waals surface area contributed by atoms with Gasteiger partial charge in [0.2, 0.25) is 0 Å². The fourth-order valence-corrected chi connectivity index (χ4v) is 1.99. The molecule has 1 heterocycles. The minimum atomic E-state index is -0.652. The maximum Gasteiger partial charge on any atom is 0.253 e. The molecule has 0 atom stereocenters. The summed E-state index contributed by atoms with van der Waals surface area (Å²) in [5.41, 5.74) is 6.14. The van der Waals surface area contributed by atoms with Gasteiger partial charge >= 0.3 is 0 Å². The van der Waals surface area contributed by atoms with Crippen molar-refractivity contribution >= 4 is 23.3 Å². The van der Waals surface area contributed by atoms with Crippen molar-refractivity contribution in [2.45, 2.75) is 6.42 Å². The van der Waals surface area contributed by atoms with Gasteiger partial charge in [0.25, 0.3) is 5.91 Å². The third kappa shape index (κ3) is 4.13. The number of nitrogen functional groups attached to an aromatic ring is 1. The molecule has 0 bridgehead atoms. The van der Waals surface area contributed by atoms with Crippen LogP contribution >= 0.6 is 11.6 Å². The van der Waals surface area contributed by atoms with Gasteiger partial charge in [0.05, 0.1) is 10.6 Å². The van der Waals surface area contributed by atoms with Gasteiger partial charge in [0.15, 0.2) is 0 Å². The Hall–Kier alpha value is -2.21. The average Bonchev–Trinajstić information content (AvgIpc) is 2.40. The van der Waals surface area contributed by atoms with Crippen LogP contribution in [0.5, 0.6) is 0 Å². The number of nitrogens with two attached hydrogens (primary N) is 1. The molecule has 1 amide bonds. The summed E-state index contributed by atoms with van der Waals surface area (Å²) in [7, 11) is 0. The number of hydrogen-bond acceptors (Lipinski definition) is 3. The first-order valence-corrected chi connectivity index (χ1v) is 6.47. The summed E-state index contributed by atoms with van der Waals surface area (Å²) in [4.78, 5) is 15.7. The van der Waals surface area contributed by atoms with Crippen molar-refractivity contribution in [1.29, 1.82) is 0 Å². The summed E-state index contributed by atoms with van der Waals surface area (Å²) in [5.74, 6) is -1.55. The van der Waals surface area contributed by atoms with Gasteiger partial charge in [-0.1, -0.05) is 11.6 Å². The summed E-state index contributed by atoms with van der Waals surface area (Å²) in [6.07, 6.45) is 1.58. The number of pyridine rings is 1. The smallest absolute Gasteiger partial charge is 0.253 e. The van der Waals surface area contributed by atoms with E-state index >= 15 is 0 Å². The number of nitrogens with zero attached hydrogens (tertiary/aromatic N) is 1. The number of hydrogen-bond donors (Lipinski definition) is 2. The number of benzene rings is 1. The maximum atomic E-state index is 13.0. The first kappa shape index (κ1) is 15.2. The van der Waals surface area contributed by atoms with E-state index < -0.39 is 17.5 Å². The predicted molar refractivity (Wildman–Crippen MR) is 76.1 cm³/mol. The summed E-state index contributed by atoms with van der Waals surface area (Å²) < 4.78 is 26.0. The molecule has 0 aliphatic carbocycles. The fourth-order valence-electron chi connectivity index (χ4n) is 1.80. The normalized spacial score (nSPS) is 10.4. The molecule has 0 spiro atoms. The molecule has 21 heavy (non-hydrogen) atoms. The van der Waals surface area contributed by atoms with Crippen molar-refractivity contribution in [3.8, 4) is 0 Å². The lowest BCUT2D eigenvalue weighted by atomic mass is 10.1. The Morgan fingerprint density at radius 2 is 1.90 bits per heavy atom. The highest BCUT2D eigenvalue weighted by Gasteiger charge is 2.11. The number of anilines is 1. The Morgan fingerprint density at radius 1 is 1.24 bits per heavy atom. The van der Waals surface area contributed by atoms with Crippen LogP contribution in [0.25, 0.3) is 0 Å². The van der Waals surface area contributed by atoms with Crippen molar-refractivity contribution in [2.75, 3.05) is 12.3 Å². The zero-order chi connectivity index (χ0) is 15.4. The topological polar surface area (TPSA) is 68.0 Å². The molecular formula is C14H12ClF2N3O. The second-order valence-electron chi connectivity index (χ2n) is 4.37. The number of carbonyl (C=O) groups excluding carboxylic acids is 1. The van der Waals surface area contributed by atoms with Crippen LogP contribution in [0.2, 0.25) is 5.02 Å². The number of carbonyl (C=O) groups is 1. The van der Waals surface area contributed by atoms with E-state index in [0.717, 1.165) is 6.07 Å². The largest absolute Gasteiger partial charge is 0.384 e. The van der Waals surface area contributed by atoms with Crippen LogP contribution in [0.15, 0.2) is 30.5 Å². The monoisotopic (exact) mass is 311 g/mol. The lowest BCUT2D eigenvalue weighted by Crippen LogP contribution is -2.26. The van der Waals surface area contributed by atoms with E-state index in [1.165, 1.54) is 24.4 Å². The minimum absolute atomic E-state index is 0.178. The van der Waals surface area contributed by atoms with Crippen LogP contribution in [-0.4, -0.2) is 17.4 Å². The average molecular weight is 312 g/mol. The van der Waals surface area contributed by atoms with Gasteiger partial charge in [-0.2, -0.15) is 0 Å². The molecular weight excluding hydrogens is 300 g/mol. The van der Waals surface area contributed by atoms with E-state index in [4.69, 9.17) is 17.3 Å². The third-order valence-electron chi connectivity index (χ3n) is 2.74. The van der Waals surface area contributed by atoms with Crippen molar-refractivity contribution in [2.24, 2.45) is 0 Å². The standard InChI is InChI=1S/C14H12ClF2N3O/c15-12-7-20-13(18)6-11(12)14(21)19-2-1-8-3-9(16)5-10(17)4-8/h3-7H,1-2H2,(H2,18,20)(H,19,21). The Morgan fingerprint density at radius 3 is 2.57 bits per heavy atom. The van der Waals surface area contributed by atoms with E-state index in [-0.39, 0.29) is 22.9 Å². The molecule has 0 saturated carbocycles. The molecule has 3 N–H and O–H groups in total. The van der Waals surface area contributed by atoms with Crippen LogP contribution < -0.4 is 11.1 Å². The van der Waals surface area contributed by atoms with Gasteiger partial charge in [-0.15, -0.1) is 0 Å². The molecule has 110 valence electrons. The molecule has 1 aromatic heterocycles. The third-order valence-corrected chi connectivity index (χ3v) is 3.04. The highest BCUT2D eigenvalue weighted by Crippen LogP contribution is 2.16. The molecule has 1 aromatic carbocycles. The van der Waals surface area contributed by atoms with Gasteiger partial charge in [0.1, 0.15) is 17.5 Å². The Labute approximate surface area is 124 Å². The highest BCUT2D eigenvalue weighted by atomic mass is 35.5. The molecule has 4 nitrogen and oxygen atoms in total. The Kier molecular flexibility index (Phi) is 4.70. The SMILES string of the molecule is Nc1cc(C(=O)NCCc2cc(F)cc(F)c2)c(Cl)cn1. The second kappa shape index (κ2) is 6.49. The first-order valence-electron chi connectivity index (χ1n) is 6.10. The lowest BCUT2D eigenvalue weighted by molar-refractivity contribution is 0.0954. The van der Waals surface area contributed by atoms with E-state index in [0.29, 0.717) is 12.0 Å². The van der Waals surface area contributed by atoms with Gasteiger partial charge in [0, 0.05) is 18.8 Å². The van der Waals surface area contributed by atoms with Gasteiger partial charge in [-0.25, -0.2) is 13.8 Å². The lowest BCUT2D eigenvalue weighted by Gasteiger charge is -2.07. The van der Waals surface area contributed by atoms with Crippen molar-refractivity contribution in [3.63, 3.8) is 0 Å². The molecule has 2 aromatic rings. The zero-order valence-corrected chi connectivity index (χ0v) is 11.6.